The van der Waals surface area contributed by atoms with E-state index in [-0.39, 0.29) is 0 Å². The Morgan fingerprint density at radius 1 is 0.919 bits per heavy atom. The Morgan fingerprint density at radius 2 is 1.41 bits per heavy atom. The van der Waals surface area contributed by atoms with Crippen LogP contribution in [0.25, 0.3) is 0 Å². The van der Waals surface area contributed by atoms with Crippen LogP contribution in [0, 0.1) is 6.92 Å². The standard InChI is InChI=1S/C18H27NO4S.C12H23N/c1-12-7-9-13(10-8-12)11-24-18(5,6)14(15(20)21)19-16(22)23-17(2,3)4;1-3-7-11(8-4-1)13-12-9-5-2-6-10-12/h7-10,14H,11H2,1-6H3,(H,19,22)(H,20,21);11-13H,1-10H2/t14-;/m1./s1. The predicted molar refractivity (Wildman–Crippen MR) is 154 cm³/mol. The number of nitrogens with one attached hydrogen (secondary N) is 2. The van der Waals surface area contributed by atoms with Gasteiger partial charge in [0.1, 0.15) is 11.6 Å². The van der Waals surface area contributed by atoms with E-state index in [0.29, 0.717) is 5.75 Å². The summed E-state index contributed by atoms with van der Waals surface area (Å²) in [5.74, 6) is -0.421. The molecule has 3 N–H and O–H groups in total. The van der Waals surface area contributed by atoms with E-state index in [0.717, 1.165) is 17.6 Å². The largest absolute Gasteiger partial charge is 0.480 e. The van der Waals surface area contributed by atoms with Crippen molar-refractivity contribution in [2.45, 2.75) is 140 Å². The van der Waals surface area contributed by atoms with Gasteiger partial charge in [0.15, 0.2) is 0 Å². The molecule has 210 valence electrons. The maximum Gasteiger partial charge on any atom is 0.408 e. The summed E-state index contributed by atoms with van der Waals surface area (Å²) in [4.78, 5) is 23.5. The Hall–Kier alpha value is -1.73. The maximum atomic E-state index is 11.9. The highest BCUT2D eigenvalue weighted by Gasteiger charge is 2.38. The van der Waals surface area contributed by atoms with Crippen LogP contribution >= 0.6 is 11.8 Å². The molecule has 0 spiro atoms. The first-order valence-corrected chi connectivity index (χ1v) is 15.0. The highest BCUT2D eigenvalue weighted by atomic mass is 32.2. The lowest BCUT2D eigenvalue weighted by Gasteiger charge is -2.32. The van der Waals surface area contributed by atoms with Crippen LogP contribution in [-0.4, -0.2) is 45.6 Å². The number of ether oxygens (including phenoxy) is 1. The third kappa shape index (κ3) is 12.6. The summed E-state index contributed by atoms with van der Waals surface area (Å²) in [6.07, 6.45) is 13.8. The van der Waals surface area contributed by atoms with Crippen LogP contribution in [0.3, 0.4) is 0 Å². The average Bonchev–Trinajstić information content (AvgIpc) is 2.83. The molecule has 0 radical (unpaired) electrons. The molecule has 1 atom stereocenters. The molecule has 3 rings (SSSR count). The summed E-state index contributed by atoms with van der Waals surface area (Å²) in [6, 6.07) is 8.79. The van der Waals surface area contributed by atoms with Crippen molar-refractivity contribution >= 4 is 23.8 Å². The minimum absolute atomic E-state index is 0.660. The second-order valence-electron chi connectivity index (χ2n) is 12.1. The lowest BCUT2D eigenvalue weighted by Crippen LogP contribution is -2.53. The third-order valence-corrected chi connectivity index (χ3v) is 8.47. The SMILES string of the molecule is C1CCC(NC2CCCCC2)CC1.Cc1ccc(CSC(C)(C)[C@H](NC(=O)OC(C)(C)C)C(=O)O)cc1. The number of aliphatic carboxylic acids is 1. The van der Waals surface area contributed by atoms with Crippen molar-refractivity contribution in [3.8, 4) is 0 Å². The summed E-state index contributed by atoms with van der Waals surface area (Å²) in [5.41, 5.74) is 1.62. The van der Waals surface area contributed by atoms with E-state index in [1.165, 1.54) is 81.5 Å². The fourth-order valence-electron chi connectivity index (χ4n) is 4.87. The molecular weight excluding hydrogens is 484 g/mol. The number of aryl methyl sites for hydroxylation is 1. The van der Waals surface area contributed by atoms with Crippen LogP contribution in [0.1, 0.15) is 110 Å². The molecule has 2 saturated carbocycles. The fourth-order valence-corrected chi connectivity index (χ4v) is 5.92. The molecule has 0 heterocycles. The number of carboxylic acids is 1. The van der Waals surface area contributed by atoms with Crippen LogP contribution in [0.15, 0.2) is 24.3 Å². The molecule has 1 amide bonds. The van der Waals surface area contributed by atoms with Gasteiger partial charge in [-0.25, -0.2) is 9.59 Å². The van der Waals surface area contributed by atoms with E-state index in [2.05, 4.69) is 10.6 Å². The zero-order chi connectivity index (χ0) is 27.5. The van der Waals surface area contributed by atoms with Crippen LogP contribution in [0.4, 0.5) is 4.79 Å². The molecule has 0 unspecified atom stereocenters. The van der Waals surface area contributed by atoms with Gasteiger partial charge >= 0.3 is 12.1 Å². The molecule has 0 aromatic heterocycles. The van der Waals surface area contributed by atoms with Crippen molar-refractivity contribution in [3.05, 3.63) is 35.4 Å². The number of rotatable bonds is 8. The lowest BCUT2D eigenvalue weighted by molar-refractivity contribution is -0.140. The van der Waals surface area contributed by atoms with Crippen LogP contribution in [0.2, 0.25) is 0 Å². The molecule has 0 aliphatic heterocycles. The van der Waals surface area contributed by atoms with Crippen LogP contribution in [0.5, 0.6) is 0 Å². The molecule has 0 saturated heterocycles. The first-order valence-electron chi connectivity index (χ1n) is 14.0. The van der Waals surface area contributed by atoms with Gasteiger partial charge in [0.2, 0.25) is 0 Å². The van der Waals surface area contributed by atoms with E-state index >= 15 is 0 Å². The number of carboxylic acid groups (broad SMARTS) is 1. The zero-order valence-corrected chi connectivity index (χ0v) is 24.7. The number of hydrogen-bond acceptors (Lipinski definition) is 5. The van der Waals surface area contributed by atoms with E-state index < -0.39 is 28.5 Å². The molecule has 2 aliphatic rings. The highest BCUT2D eigenvalue weighted by molar-refractivity contribution is 7.99. The van der Waals surface area contributed by atoms with Crippen molar-refractivity contribution in [2.24, 2.45) is 0 Å². The summed E-state index contributed by atoms with van der Waals surface area (Å²) in [5, 5.41) is 15.8. The fraction of sp³-hybridized carbons (Fsp3) is 0.733. The number of carbonyl (C=O) groups excluding carboxylic acids is 1. The van der Waals surface area contributed by atoms with Gasteiger partial charge in [-0.1, -0.05) is 68.4 Å². The van der Waals surface area contributed by atoms with E-state index in [9.17, 15) is 14.7 Å². The molecule has 37 heavy (non-hydrogen) atoms. The van der Waals surface area contributed by atoms with Gasteiger partial charge in [0.05, 0.1) is 0 Å². The van der Waals surface area contributed by atoms with Gasteiger partial charge in [-0.3, -0.25) is 0 Å². The first kappa shape index (κ1) is 31.5. The number of thioether (sulfide) groups is 1. The Kier molecular flexibility index (Phi) is 12.8. The summed E-state index contributed by atoms with van der Waals surface area (Å²) in [7, 11) is 0. The van der Waals surface area contributed by atoms with E-state index in [1.807, 2.05) is 45.0 Å². The maximum absolute atomic E-state index is 11.9. The van der Waals surface area contributed by atoms with Crippen molar-refractivity contribution in [3.63, 3.8) is 0 Å². The zero-order valence-electron chi connectivity index (χ0n) is 23.9. The van der Waals surface area contributed by atoms with Gasteiger partial charge < -0.3 is 20.5 Å². The monoisotopic (exact) mass is 534 g/mol. The van der Waals surface area contributed by atoms with E-state index in [1.54, 1.807) is 20.8 Å². The van der Waals surface area contributed by atoms with Gasteiger partial charge in [-0.2, -0.15) is 0 Å². The Morgan fingerprint density at radius 3 is 1.84 bits per heavy atom. The van der Waals surface area contributed by atoms with Gasteiger partial charge in [0.25, 0.3) is 0 Å². The molecule has 1 aromatic rings. The summed E-state index contributed by atoms with van der Waals surface area (Å²) < 4.78 is 4.47. The minimum atomic E-state index is -1.08. The smallest absolute Gasteiger partial charge is 0.408 e. The molecule has 7 heteroatoms. The molecule has 1 aromatic carbocycles. The van der Waals surface area contributed by atoms with E-state index in [4.69, 9.17) is 4.74 Å². The van der Waals surface area contributed by atoms with Gasteiger partial charge in [-0.05, 0) is 72.8 Å². The molecular formula is C30H50N2O4S. The number of alkyl carbamates (subject to hydrolysis) is 1. The average molecular weight is 535 g/mol. The molecule has 2 aliphatic carbocycles. The highest BCUT2D eigenvalue weighted by Crippen LogP contribution is 2.32. The summed E-state index contributed by atoms with van der Waals surface area (Å²) >= 11 is 1.48. The number of hydrogen-bond donors (Lipinski definition) is 3. The minimum Gasteiger partial charge on any atom is -0.480 e. The quantitative estimate of drug-likeness (QED) is 0.326. The van der Waals surface area contributed by atoms with Gasteiger partial charge in [0, 0.05) is 22.6 Å². The van der Waals surface area contributed by atoms with Crippen molar-refractivity contribution in [1.82, 2.24) is 10.6 Å². The predicted octanol–water partition coefficient (Wildman–Crippen LogP) is 7.23. The number of carbonyl (C=O) groups is 2. The lowest BCUT2D eigenvalue weighted by atomic mass is 9.91. The van der Waals surface area contributed by atoms with Crippen molar-refractivity contribution < 1.29 is 19.4 Å². The summed E-state index contributed by atoms with van der Waals surface area (Å²) in [6.45, 7) is 10.8. The molecule has 2 fully saturated rings. The Labute approximate surface area is 229 Å². The molecule has 6 nitrogen and oxygen atoms in total. The Balaban J connectivity index is 0.000000308. The topological polar surface area (TPSA) is 87.7 Å². The van der Waals surface area contributed by atoms with Crippen LogP contribution in [-0.2, 0) is 15.3 Å². The third-order valence-electron chi connectivity index (χ3n) is 7.02. The first-order chi connectivity index (χ1) is 17.4. The number of benzene rings is 1. The molecule has 0 bridgehead atoms. The van der Waals surface area contributed by atoms with Gasteiger partial charge in [-0.15, -0.1) is 11.8 Å². The second-order valence-corrected chi connectivity index (χ2v) is 13.8. The van der Waals surface area contributed by atoms with Crippen LogP contribution < -0.4 is 10.6 Å². The Bertz CT molecular complexity index is 807. The number of amides is 1. The van der Waals surface area contributed by atoms with Crippen molar-refractivity contribution in [1.29, 1.82) is 0 Å². The van der Waals surface area contributed by atoms with Crippen molar-refractivity contribution in [2.75, 3.05) is 0 Å². The normalized spacial score (nSPS) is 18.3. The second kappa shape index (κ2) is 15.0.